The van der Waals surface area contributed by atoms with Gasteiger partial charge in [-0.2, -0.15) is 0 Å². The van der Waals surface area contributed by atoms with E-state index in [1.165, 1.54) is 34.9 Å². The summed E-state index contributed by atoms with van der Waals surface area (Å²) in [4.78, 5) is 97.6. The smallest absolute Gasteiger partial charge is 0.406 e. The monoisotopic (exact) mass is 725 g/mol. The second-order valence-corrected chi connectivity index (χ2v) is 11.7. The molecule has 278 valence electrons. The first-order chi connectivity index (χ1) is 25.6. The van der Waals surface area contributed by atoms with Gasteiger partial charge in [-0.3, -0.25) is 43.5 Å². The van der Waals surface area contributed by atoms with Crippen molar-refractivity contribution < 1.29 is 43.1 Å². The number of nitrogens with one attached hydrogen (secondary N) is 1. The summed E-state index contributed by atoms with van der Waals surface area (Å²) in [7, 11) is 2.87. The fourth-order valence-corrected chi connectivity index (χ4v) is 5.48. The molecule has 1 N–H and O–H groups in total. The summed E-state index contributed by atoms with van der Waals surface area (Å²) in [6.45, 7) is 5.63. The van der Waals surface area contributed by atoms with Gasteiger partial charge in [0.2, 0.25) is 6.08 Å². The summed E-state index contributed by atoms with van der Waals surface area (Å²) in [5, 5.41) is 2.34. The second-order valence-electron chi connectivity index (χ2n) is 11.7. The molecule has 3 aliphatic rings. The van der Waals surface area contributed by atoms with E-state index in [-0.39, 0.29) is 42.0 Å². The Morgan fingerprint density at radius 1 is 0.585 bits per heavy atom. The van der Waals surface area contributed by atoms with Crippen molar-refractivity contribution in [2.45, 2.75) is 46.0 Å². The summed E-state index contributed by atoms with van der Waals surface area (Å²) in [5.74, 6) is -1.12. The maximum Gasteiger partial charge on any atom is 0.406 e. The number of unbranched alkanes of at least 4 members (excludes halogenated alkanes) is 2. The average Bonchev–Trinajstić information content (AvgIpc) is 3.69. The number of ether oxygens (including phenoxy) is 1. The van der Waals surface area contributed by atoms with Crippen LogP contribution in [0.5, 0.6) is 0 Å². The number of amides is 7. The topological polar surface area (TPSA) is 180 Å². The maximum absolute atomic E-state index is 12.0. The molecule has 3 aromatic carbocycles. The van der Waals surface area contributed by atoms with Gasteiger partial charge in [-0.05, 0) is 62.1 Å². The highest BCUT2D eigenvalue weighted by molar-refractivity contribution is 6.22. The number of aliphatic imine (C=N–C) groups is 1. The van der Waals surface area contributed by atoms with E-state index in [4.69, 9.17) is 9.53 Å². The molecule has 0 aromatic heterocycles. The van der Waals surface area contributed by atoms with Gasteiger partial charge in [-0.25, -0.2) is 14.6 Å². The molecule has 6 rings (SSSR count). The Kier molecular flexibility index (Phi) is 16.0. The number of hydrogen-bond donors (Lipinski definition) is 1. The number of carbonyl (C=O) groups excluding carboxylic acids is 8. The van der Waals surface area contributed by atoms with Crippen molar-refractivity contribution in [3.05, 3.63) is 106 Å². The lowest BCUT2D eigenvalue weighted by molar-refractivity contribution is 0.0634. The van der Waals surface area contributed by atoms with E-state index < -0.39 is 6.09 Å². The Bertz CT molecular complexity index is 1780. The fraction of sp³-hybridized carbons (Fsp3) is 0.333. The summed E-state index contributed by atoms with van der Waals surface area (Å²) in [5.41, 5.74) is 3.06. The highest BCUT2D eigenvalue weighted by Crippen LogP contribution is 2.24. The van der Waals surface area contributed by atoms with Gasteiger partial charge in [-0.1, -0.05) is 56.7 Å². The molecule has 53 heavy (non-hydrogen) atoms. The Labute approximate surface area is 307 Å². The number of imide groups is 3. The van der Waals surface area contributed by atoms with E-state index >= 15 is 0 Å². The zero-order valence-corrected chi connectivity index (χ0v) is 30.3. The van der Waals surface area contributed by atoms with Crippen molar-refractivity contribution in [2.75, 3.05) is 40.3 Å². The van der Waals surface area contributed by atoms with E-state index in [9.17, 15) is 33.6 Å². The normalized spacial score (nSPS) is 13.4. The number of carbonyl (C=O) groups is 7. The van der Waals surface area contributed by atoms with Crippen LogP contribution in [0.4, 0.5) is 4.79 Å². The molecule has 3 aliphatic heterocycles. The first-order valence-electron chi connectivity index (χ1n) is 17.2. The van der Waals surface area contributed by atoms with Gasteiger partial charge in [0.15, 0.2) is 0 Å². The number of benzene rings is 3. The molecule has 0 atom stereocenters. The molecule has 0 saturated heterocycles. The van der Waals surface area contributed by atoms with Crippen LogP contribution in [0.2, 0.25) is 0 Å². The number of nitrogens with zero attached hydrogens (tertiary/aromatic N) is 4. The minimum absolute atomic E-state index is 0.149. The van der Waals surface area contributed by atoms with Crippen molar-refractivity contribution in [3.8, 4) is 0 Å². The quantitative estimate of drug-likeness (QED) is 0.128. The van der Waals surface area contributed by atoms with Crippen LogP contribution in [-0.2, 0) is 9.53 Å². The highest BCUT2D eigenvalue weighted by atomic mass is 16.5. The molecule has 14 nitrogen and oxygen atoms in total. The second kappa shape index (κ2) is 20.5. The third-order valence-electron chi connectivity index (χ3n) is 8.12. The lowest BCUT2D eigenvalue weighted by Crippen LogP contribution is -2.31. The summed E-state index contributed by atoms with van der Waals surface area (Å²) < 4.78 is 4.83. The van der Waals surface area contributed by atoms with Crippen LogP contribution in [0.25, 0.3) is 0 Å². The summed E-state index contributed by atoms with van der Waals surface area (Å²) in [6.07, 6.45) is 4.67. The molecule has 14 heteroatoms. The van der Waals surface area contributed by atoms with E-state index in [2.05, 4.69) is 10.3 Å². The number of fused-ring (bicyclic) bond motifs is 3. The molecule has 3 heterocycles. The molecule has 0 aliphatic carbocycles. The van der Waals surface area contributed by atoms with E-state index in [1.54, 1.807) is 72.8 Å². The summed E-state index contributed by atoms with van der Waals surface area (Å²) in [6, 6.07) is 20.7. The van der Waals surface area contributed by atoms with Gasteiger partial charge in [0.1, 0.15) is 0 Å². The third-order valence-corrected chi connectivity index (χ3v) is 8.12. The van der Waals surface area contributed by atoms with Gasteiger partial charge >= 0.3 is 6.09 Å². The Morgan fingerprint density at radius 3 is 1.19 bits per heavy atom. The van der Waals surface area contributed by atoms with Crippen LogP contribution in [0.1, 0.15) is 108 Å². The molecule has 0 radical (unpaired) electrons. The van der Waals surface area contributed by atoms with Crippen LogP contribution in [-0.4, -0.2) is 103 Å². The van der Waals surface area contributed by atoms with Crippen molar-refractivity contribution in [1.82, 2.24) is 20.0 Å². The first-order valence-corrected chi connectivity index (χ1v) is 17.2. The van der Waals surface area contributed by atoms with Gasteiger partial charge in [0.25, 0.3) is 35.4 Å². The number of hydrogen-bond acceptors (Lipinski definition) is 10. The lowest BCUT2D eigenvalue weighted by Gasteiger charge is -2.13. The zero-order chi connectivity index (χ0) is 38.9. The molecule has 0 unspecified atom stereocenters. The molecule has 7 amide bonds. The molecule has 3 aromatic rings. The van der Waals surface area contributed by atoms with Crippen molar-refractivity contribution in [1.29, 1.82) is 0 Å². The predicted octanol–water partition coefficient (Wildman–Crippen LogP) is 5.15. The number of rotatable bonds is 10. The minimum atomic E-state index is -0.481. The number of isocyanates is 1. The van der Waals surface area contributed by atoms with E-state index in [0.717, 1.165) is 19.3 Å². The molecular formula is C39H43N5O9. The Morgan fingerprint density at radius 2 is 0.906 bits per heavy atom. The fourth-order valence-electron chi connectivity index (χ4n) is 5.48. The average molecular weight is 726 g/mol. The molecule has 0 fully saturated rings. The van der Waals surface area contributed by atoms with Crippen LogP contribution >= 0.6 is 0 Å². The van der Waals surface area contributed by atoms with Crippen LogP contribution in [0, 0.1) is 0 Å². The third kappa shape index (κ3) is 10.2. The Balaban J connectivity index is 0.000000207. The standard InChI is InChI=1S/C14H16N2O4.C12H13NO2.C11H11NO2.C2H3NO/c1-15-14(19)20-9-5-4-8-16-12(17)10-6-2-3-7-11(10)13(16)18;1-2-3-8-13-11(14)9-6-4-5-7-10(9)12(13)15;1-2-7-12-10(13)8-5-3-4-6-9(8)11(12)14;1-3-2-4/h2-3,6-7H,4-5,8-9H2,1H3,(H,15,19);4-7H,2-3,8H2,1H3;3-6H,2,7H2,1H3;1H3. The minimum Gasteiger partial charge on any atom is -0.450 e. The summed E-state index contributed by atoms with van der Waals surface area (Å²) >= 11 is 0. The Hall–Kier alpha value is -6.27. The molecular weight excluding hydrogens is 682 g/mol. The van der Waals surface area contributed by atoms with Gasteiger partial charge in [0, 0.05) is 33.7 Å². The molecule has 0 saturated carbocycles. The highest BCUT2D eigenvalue weighted by Gasteiger charge is 2.36. The van der Waals surface area contributed by atoms with Crippen molar-refractivity contribution in [3.63, 3.8) is 0 Å². The molecule has 0 bridgehead atoms. The maximum atomic E-state index is 12.0. The van der Waals surface area contributed by atoms with E-state index in [1.807, 2.05) is 13.8 Å². The van der Waals surface area contributed by atoms with Crippen molar-refractivity contribution >= 4 is 47.6 Å². The van der Waals surface area contributed by atoms with Crippen LogP contribution < -0.4 is 5.32 Å². The van der Waals surface area contributed by atoms with Crippen molar-refractivity contribution in [2.24, 2.45) is 4.99 Å². The first kappa shape index (κ1) is 41.2. The van der Waals surface area contributed by atoms with Gasteiger partial charge < -0.3 is 10.1 Å². The van der Waals surface area contributed by atoms with Crippen LogP contribution in [0.15, 0.2) is 77.8 Å². The van der Waals surface area contributed by atoms with Gasteiger partial charge in [0.05, 0.1) is 40.0 Å². The molecule has 0 spiro atoms. The largest absolute Gasteiger partial charge is 0.450 e. The number of alkyl carbamates (subject to hydrolysis) is 1. The van der Waals surface area contributed by atoms with Crippen LogP contribution in [0.3, 0.4) is 0 Å². The van der Waals surface area contributed by atoms with Gasteiger partial charge in [-0.15, -0.1) is 0 Å². The zero-order valence-electron chi connectivity index (χ0n) is 30.3. The SMILES string of the molecule is CCCCN1C(=O)c2ccccc2C1=O.CCCN1C(=O)c2ccccc2C1=O.CN=C=O.CNC(=O)OCCCCN1C(=O)c2ccccc2C1=O. The predicted molar refractivity (Wildman–Crippen MR) is 194 cm³/mol. The van der Waals surface area contributed by atoms with E-state index in [0.29, 0.717) is 65.9 Å². The lowest BCUT2D eigenvalue weighted by atomic mass is 10.1.